The van der Waals surface area contributed by atoms with E-state index in [1.807, 2.05) is 24.3 Å². The zero-order valence-corrected chi connectivity index (χ0v) is 10.7. The number of anilines is 1. The van der Waals surface area contributed by atoms with E-state index >= 15 is 0 Å². The Morgan fingerprint density at radius 2 is 2.06 bits per heavy atom. The van der Waals surface area contributed by atoms with Gasteiger partial charge < -0.3 is 5.32 Å². The highest BCUT2D eigenvalue weighted by molar-refractivity contribution is 7.99. The van der Waals surface area contributed by atoms with Gasteiger partial charge in [-0.25, -0.2) is 0 Å². The molecule has 1 rings (SSSR count). The molecule has 2 nitrogen and oxygen atoms in total. The lowest BCUT2D eigenvalue weighted by molar-refractivity contribution is -0.114. The summed E-state index contributed by atoms with van der Waals surface area (Å²) in [5, 5.41) is 2.72. The molecule has 1 N–H and O–H groups in total. The summed E-state index contributed by atoms with van der Waals surface area (Å²) in [5.74, 6) is 1.26. The summed E-state index contributed by atoms with van der Waals surface area (Å²) in [6, 6.07) is 7.70. The Kier molecular flexibility index (Phi) is 5.43. The number of alkyl halides is 1. The maximum absolute atomic E-state index is 10.8. The zero-order valence-electron chi connectivity index (χ0n) is 9.13. The van der Waals surface area contributed by atoms with E-state index in [1.165, 1.54) is 6.92 Å². The molecule has 1 aromatic rings. The van der Waals surface area contributed by atoms with Crippen LogP contribution in [-0.4, -0.2) is 17.5 Å². The third-order valence-electron chi connectivity index (χ3n) is 1.81. The number of amides is 1. The number of hydrogen-bond acceptors (Lipinski definition) is 2. The Morgan fingerprint density at radius 1 is 1.44 bits per heavy atom. The molecule has 0 bridgehead atoms. The second kappa shape index (κ2) is 6.61. The summed E-state index contributed by atoms with van der Waals surface area (Å²) < 4.78 is 0. The number of nitrogens with one attached hydrogen (secondary N) is 1. The normalized spacial score (nSPS) is 9.88. The van der Waals surface area contributed by atoms with Crippen LogP contribution < -0.4 is 5.32 Å². The smallest absolute Gasteiger partial charge is 0.221 e. The molecule has 0 spiro atoms. The molecule has 0 heterocycles. The van der Waals surface area contributed by atoms with Crippen LogP contribution in [0.3, 0.4) is 0 Å². The molecule has 0 saturated carbocycles. The number of hydrogen-bond donors (Lipinski definition) is 1. The largest absolute Gasteiger partial charge is 0.326 e. The average molecular weight is 256 g/mol. The van der Waals surface area contributed by atoms with Crippen LogP contribution in [0.1, 0.15) is 6.92 Å². The van der Waals surface area contributed by atoms with Gasteiger partial charge >= 0.3 is 0 Å². The molecule has 1 aromatic carbocycles. The van der Waals surface area contributed by atoms with E-state index in [0.717, 1.165) is 21.9 Å². The Hall–Kier alpha value is -0.930. The van der Waals surface area contributed by atoms with Crippen molar-refractivity contribution in [2.24, 2.45) is 0 Å². The number of halogens is 1. The number of benzene rings is 1. The van der Waals surface area contributed by atoms with Gasteiger partial charge in [0.2, 0.25) is 5.91 Å². The Balaban J connectivity index is 2.51. The topological polar surface area (TPSA) is 29.1 Å². The van der Waals surface area contributed by atoms with Gasteiger partial charge in [0, 0.05) is 29.1 Å². The predicted molar refractivity (Wildman–Crippen MR) is 71.3 cm³/mol. The molecule has 0 aromatic heterocycles. The van der Waals surface area contributed by atoms with E-state index in [9.17, 15) is 4.79 Å². The first-order chi connectivity index (χ1) is 7.61. The first kappa shape index (κ1) is 13.1. The maximum atomic E-state index is 10.8. The summed E-state index contributed by atoms with van der Waals surface area (Å²) in [6.07, 6.45) is 0. The van der Waals surface area contributed by atoms with Gasteiger partial charge in [-0.15, -0.1) is 23.4 Å². The number of carbonyl (C=O) groups excluding carboxylic acids is 1. The number of thioether (sulfide) groups is 1. The molecule has 16 heavy (non-hydrogen) atoms. The fourth-order valence-corrected chi connectivity index (χ4v) is 2.07. The molecule has 0 fully saturated rings. The summed E-state index contributed by atoms with van der Waals surface area (Å²) >= 11 is 7.32. The van der Waals surface area contributed by atoms with Gasteiger partial charge in [0.25, 0.3) is 0 Å². The third-order valence-corrected chi connectivity index (χ3v) is 3.34. The summed E-state index contributed by atoms with van der Waals surface area (Å²) in [5.41, 5.74) is 1.82. The van der Waals surface area contributed by atoms with E-state index in [4.69, 9.17) is 11.6 Å². The molecule has 0 radical (unpaired) electrons. The average Bonchev–Trinajstić information content (AvgIpc) is 2.27. The van der Waals surface area contributed by atoms with E-state index in [2.05, 4.69) is 11.9 Å². The van der Waals surface area contributed by atoms with Crippen LogP contribution in [0.4, 0.5) is 5.69 Å². The first-order valence-corrected chi connectivity index (χ1v) is 6.37. The molecular formula is C12H14ClNOS. The predicted octanol–water partition coefficient (Wildman–Crippen LogP) is 3.53. The van der Waals surface area contributed by atoms with E-state index < -0.39 is 0 Å². The highest BCUT2D eigenvalue weighted by Gasteiger charge is 1.98. The van der Waals surface area contributed by atoms with Crippen molar-refractivity contribution >= 4 is 35.0 Å². The second-order valence-electron chi connectivity index (χ2n) is 3.38. The third kappa shape index (κ3) is 4.73. The highest BCUT2D eigenvalue weighted by Crippen LogP contribution is 2.22. The van der Waals surface area contributed by atoms with Crippen molar-refractivity contribution in [1.29, 1.82) is 0 Å². The van der Waals surface area contributed by atoms with Crippen LogP contribution >= 0.6 is 23.4 Å². The minimum Gasteiger partial charge on any atom is -0.326 e. The monoisotopic (exact) mass is 255 g/mol. The van der Waals surface area contributed by atoms with Gasteiger partial charge in [-0.3, -0.25) is 4.79 Å². The molecule has 0 saturated heterocycles. The quantitative estimate of drug-likeness (QED) is 0.495. The molecule has 4 heteroatoms. The van der Waals surface area contributed by atoms with Gasteiger partial charge in [0.05, 0.1) is 0 Å². The van der Waals surface area contributed by atoms with Crippen LogP contribution in [0.2, 0.25) is 0 Å². The zero-order chi connectivity index (χ0) is 12.0. The molecule has 1 amide bonds. The molecule has 0 atom stereocenters. The Morgan fingerprint density at radius 3 is 2.56 bits per heavy atom. The summed E-state index contributed by atoms with van der Waals surface area (Å²) in [4.78, 5) is 11.9. The summed E-state index contributed by atoms with van der Waals surface area (Å²) in [6.45, 7) is 5.33. The van der Waals surface area contributed by atoms with Crippen molar-refractivity contribution < 1.29 is 4.79 Å². The van der Waals surface area contributed by atoms with E-state index in [-0.39, 0.29) is 5.91 Å². The van der Waals surface area contributed by atoms with E-state index in [0.29, 0.717) is 5.88 Å². The minimum absolute atomic E-state index is 0.0593. The van der Waals surface area contributed by atoms with Crippen LogP contribution in [0, 0.1) is 0 Å². The number of carbonyl (C=O) groups is 1. The lowest BCUT2D eigenvalue weighted by atomic mass is 10.3. The molecule has 86 valence electrons. The minimum atomic E-state index is -0.0593. The van der Waals surface area contributed by atoms with Crippen LogP contribution in [-0.2, 0) is 4.79 Å². The van der Waals surface area contributed by atoms with Crippen LogP contribution in [0.25, 0.3) is 0 Å². The van der Waals surface area contributed by atoms with Crippen molar-refractivity contribution in [3.05, 3.63) is 36.4 Å². The fraction of sp³-hybridized carbons (Fsp3) is 0.250. The van der Waals surface area contributed by atoms with Crippen LogP contribution in [0.5, 0.6) is 0 Å². The summed E-state index contributed by atoms with van der Waals surface area (Å²) in [7, 11) is 0. The Labute approximate surface area is 105 Å². The van der Waals surface area contributed by atoms with Gasteiger partial charge in [0.1, 0.15) is 0 Å². The van der Waals surface area contributed by atoms with Crippen molar-refractivity contribution in [3.8, 4) is 0 Å². The van der Waals surface area contributed by atoms with E-state index in [1.54, 1.807) is 11.8 Å². The molecule has 0 aliphatic carbocycles. The van der Waals surface area contributed by atoms with Crippen molar-refractivity contribution in [1.82, 2.24) is 0 Å². The van der Waals surface area contributed by atoms with Gasteiger partial charge in [0.15, 0.2) is 0 Å². The van der Waals surface area contributed by atoms with Crippen LogP contribution in [0.15, 0.2) is 41.3 Å². The van der Waals surface area contributed by atoms with Crippen molar-refractivity contribution in [3.63, 3.8) is 0 Å². The maximum Gasteiger partial charge on any atom is 0.221 e. The molecular weight excluding hydrogens is 242 g/mol. The van der Waals surface area contributed by atoms with Gasteiger partial charge in [-0.1, -0.05) is 12.2 Å². The number of rotatable bonds is 5. The highest BCUT2D eigenvalue weighted by atomic mass is 35.5. The van der Waals surface area contributed by atoms with Crippen molar-refractivity contribution in [2.45, 2.75) is 11.8 Å². The molecule has 0 aliphatic heterocycles. The molecule has 0 unspecified atom stereocenters. The molecule has 0 aliphatic rings. The first-order valence-electron chi connectivity index (χ1n) is 4.85. The van der Waals surface area contributed by atoms with Gasteiger partial charge in [-0.2, -0.15) is 0 Å². The standard InChI is InChI=1S/C12H14ClNOS/c1-9(7-13)8-16-12-5-3-11(4-6-12)14-10(2)15/h3-6H,1,7-8H2,2H3,(H,14,15). The lowest BCUT2D eigenvalue weighted by Gasteiger charge is -2.04. The van der Waals surface area contributed by atoms with Crippen molar-refractivity contribution in [2.75, 3.05) is 16.9 Å². The lowest BCUT2D eigenvalue weighted by Crippen LogP contribution is -2.05. The Bertz CT molecular complexity index is 375. The fourth-order valence-electron chi connectivity index (χ4n) is 1.06. The van der Waals surface area contributed by atoms with Gasteiger partial charge in [-0.05, 0) is 24.3 Å². The second-order valence-corrected chi connectivity index (χ2v) is 4.69. The SMILES string of the molecule is C=C(CCl)CSc1ccc(NC(C)=O)cc1.